The van der Waals surface area contributed by atoms with E-state index in [1.807, 2.05) is 73.0 Å². The number of hydrogen-bond acceptors (Lipinski definition) is 9. The summed E-state index contributed by atoms with van der Waals surface area (Å²) < 4.78 is 6.35. The smallest absolute Gasteiger partial charge is 0.258 e. The fourth-order valence-corrected chi connectivity index (χ4v) is 6.80. The second-order valence-corrected chi connectivity index (χ2v) is 13.1. The van der Waals surface area contributed by atoms with Gasteiger partial charge in [0.05, 0.1) is 18.2 Å². The molecule has 3 aromatic heterocycles. The highest BCUT2D eigenvalue weighted by Gasteiger charge is 2.47. The van der Waals surface area contributed by atoms with Crippen molar-refractivity contribution in [2.75, 3.05) is 56.0 Å². The molecule has 0 radical (unpaired) electrons. The van der Waals surface area contributed by atoms with Crippen molar-refractivity contribution in [2.24, 2.45) is 0 Å². The molecule has 0 aliphatic carbocycles. The van der Waals surface area contributed by atoms with Crippen LogP contribution in [0.1, 0.15) is 26.0 Å². The Bertz CT molecular complexity index is 1940. The van der Waals surface area contributed by atoms with Crippen LogP contribution in [0.25, 0.3) is 33.5 Å². The molecule has 2 aromatic carbocycles. The van der Waals surface area contributed by atoms with Gasteiger partial charge in [-0.05, 0) is 87.9 Å². The summed E-state index contributed by atoms with van der Waals surface area (Å²) in [6.45, 7) is 9.78. The first-order valence-electron chi connectivity index (χ1n) is 16.8. The summed E-state index contributed by atoms with van der Waals surface area (Å²) in [5.74, 6) is 0.563. The number of amides is 2. The fourth-order valence-electron chi connectivity index (χ4n) is 6.80. The number of aromatic nitrogens is 5. The monoisotopic (exact) mass is 659 g/mol. The number of piperazine rings is 1. The summed E-state index contributed by atoms with van der Waals surface area (Å²) in [6, 6.07) is 19.7. The first kappa shape index (κ1) is 32.4. The first-order valence-corrected chi connectivity index (χ1v) is 16.8. The van der Waals surface area contributed by atoms with Gasteiger partial charge in [0.1, 0.15) is 5.69 Å². The highest BCUT2D eigenvalue weighted by Crippen LogP contribution is 2.32. The number of H-pyrrole nitrogens is 1. The molecule has 1 atom stereocenters. The summed E-state index contributed by atoms with van der Waals surface area (Å²) >= 11 is 0. The van der Waals surface area contributed by atoms with Crippen LogP contribution in [0.5, 0.6) is 0 Å². The molecular weight excluding hydrogens is 618 g/mol. The standard InChI is InChI=1S/C37H41N9O3/c1-25(2)49-37(36(48)41-29-7-10-32-31(22-29)34(43-42-32)28-11-15-38-26(3)21-28)12-16-44(24-37)23-33(47)46-19-17-45(18-20-46)30-8-5-27(6-9-30)35-39-13-4-14-40-35/h4-11,13-15,21-22,25H,12,16-20,23-24H2,1-3H3,(H,41,48)(H,42,43). The van der Waals surface area contributed by atoms with E-state index in [-0.39, 0.29) is 24.5 Å². The van der Waals surface area contributed by atoms with Crippen LogP contribution in [0.2, 0.25) is 0 Å². The minimum atomic E-state index is -1.07. The second-order valence-electron chi connectivity index (χ2n) is 13.1. The number of nitrogens with zero attached hydrogens (tertiary/aromatic N) is 7. The van der Waals surface area contributed by atoms with E-state index < -0.39 is 5.60 Å². The Balaban J connectivity index is 0.970. The van der Waals surface area contributed by atoms with Gasteiger partial charge in [-0.3, -0.25) is 24.6 Å². The van der Waals surface area contributed by atoms with Crippen LogP contribution >= 0.6 is 0 Å². The van der Waals surface area contributed by atoms with Crippen molar-refractivity contribution < 1.29 is 14.3 Å². The maximum absolute atomic E-state index is 13.9. The SMILES string of the molecule is Cc1cc(-c2n[nH]c3ccc(NC(=O)C4(OC(C)C)CCN(CC(=O)N5CCN(c6ccc(-c7ncccn7)cc6)CC5)C4)cc23)ccn1. The molecule has 2 aliphatic heterocycles. The van der Waals surface area contributed by atoms with Crippen molar-refractivity contribution in [1.82, 2.24) is 34.9 Å². The summed E-state index contributed by atoms with van der Waals surface area (Å²) in [5, 5.41) is 11.6. The molecule has 0 spiro atoms. The lowest BCUT2D eigenvalue weighted by atomic mass is 10.0. The number of pyridine rings is 1. The molecule has 12 heteroatoms. The number of anilines is 2. The number of benzene rings is 2. The normalized spacial score (nSPS) is 18.4. The molecule has 0 bridgehead atoms. The van der Waals surface area contributed by atoms with Gasteiger partial charge >= 0.3 is 0 Å². The Morgan fingerprint density at radius 1 is 0.918 bits per heavy atom. The van der Waals surface area contributed by atoms with Crippen molar-refractivity contribution in [3.8, 4) is 22.6 Å². The topological polar surface area (TPSA) is 132 Å². The minimum Gasteiger partial charge on any atom is -0.368 e. The highest BCUT2D eigenvalue weighted by atomic mass is 16.5. The van der Waals surface area contributed by atoms with E-state index in [9.17, 15) is 9.59 Å². The van der Waals surface area contributed by atoms with Crippen LogP contribution in [0, 0.1) is 6.92 Å². The molecule has 5 heterocycles. The van der Waals surface area contributed by atoms with Gasteiger partial charge in [-0.25, -0.2) is 9.97 Å². The molecule has 49 heavy (non-hydrogen) atoms. The van der Waals surface area contributed by atoms with E-state index in [1.54, 1.807) is 24.7 Å². The van der Waals surface area contributed by atoms with E-state index in [4.69, 9.17) is 4.74 Å². The van der Waals surface area contributed by atoms with Gasteiger partial charge in [-0.1, -0.05) is 0 Å². The molecule has 1 unspecified atom stereocenters. The zero-order valence-corrected chi connectivity index (χ0v) is 28.1. The van der Waals surface area contributed by atoms with Crippen LogP contribution < -0.4 is 10.2 Å². The quantitative estimate of drug-likeness (QED) is 0.234. The number of carbonyl (C=O) groups is 2. The van der Waals surface area contributed by atoms with Crippen molar-refractivity contribution >= 4 is 34.1 Å². The average Bonchev–Trinajstić information content (AvgIpc) is 3.73. The van der Waals surface area contributed by atoms with E-state index in [2.05, 4.69) is 47.5 Å². The van der Waals surface area contributed by atoms with Crippen LogP contribution in [0.3, 0.4) is 0 Å². The molecule has 12 nitrogen and oxygen atoms in total. The second kappa shape index (κ2) is 13.7. The lowest BCUT2D eigenvalue weighted by molar-refractivity contribution is -0.146. The van der Waals surface area contributed by atoms with Gasteiger partial charge in [-0.15, -0.1) is 0 Å². The van der Waals surface area contributed by atoms with Gasteiger partial charge < -0.3 is 19.9 Å². The highest BCUT2D eigenvalue weighted by molar-refractivity contribution is 6.01. The zero-order chi connectivity index (χ0) is 34.0. The van der Waals surface area contributed by atoms with Crippen LogP contribution in [0.4, 0.5) is 11.4 Å². The Morgan fingerprint density at radius 3 is 2.43 bits per heavy atom. The number of aryl methyl sites for hydroxylation is 1. The molecule has 0 saturated carbocycles. The number of nitrogens with one attached hydrogen (secondary N) is 2. The lowest BCUT2D eigenvalue weighted by Crippen LogP contribution is -2.52. The van der Waals surface area contributed by atoms with Crippen molar-refractivity contribution in [3.05, 3.63) is 84.9 Å². The Hall–Kier alpha value is -5.20. The number of fused-ring (bicyclic) bond motifs is 1. The zero-order valence-electron chi connectivity index (χ0n) is 28.1. The van der Waals surface area contributed by atoms with Crippen molar-refractivity contribution in [3.63, 3.8) is 0 Å². The first-order chi connectivity index (χ1) is 23.8. The van der Waals surface area contributed by atoms with Gasteiger partial charge in [0.15, 0.2) is 11.4 Å². The van der Waals surface area contributed by atoms with Crippen LogP contribution in [-0.4, -0.2) is 104 Å². The average molecular weight is 660 g/mol. The van der Waals surface area contributed by atoms with E-state index >= 15 is 0 Å². The van der Waals surface area contributed by atoms with E-state index in [1.165, 1.54) is 0 Å². The third-order valence-corrected chi connectivity index (χ3v) is 9.22. The molecule has 7 rings (SSSR count). The Kier molecular flexibility index (Phi) is 9.07. The Labute approximate surface area is 285 Å². The van der Waals surface area contributed by atoms with Crippen molar-refractivity contribution in [1.29, 1.82) is 0 Å². The van der Waals surface area contributed by atoms with E-state index in [0.717, 1.165) is 52.2 Å². The van der Waals surface area contributed by atoms with Gasteiger partial charge in [0, 0.05) is 91.4 Å². The largest absolute Gasteiger partial charge is 0.368 e. The maximum Gasteiger partial charge on any atom is 0.258 e. The molecule has 2 amide bonds. The van der Waals surface area contributed by atoms with Crippen LogP contribution in [0.15, 0.2) is 79.3 Å². The Morgan fingerprint density at radius 2 is 1.69 bits per heavy atom. The molecule has 2 N–H and O–H groups in total. The van der Waals surface area contributed by atoms with Gasteiger partial charge in [0.2, 0.25) is 5.91 Å². The summed E-state index contributed by atoms with van der Waals surface area (Å²) in [6.07, 6.45) is 5.58. The van der Waals surface area contributed by atoms with Crippen LogP contribution in [-0.2, 0) is 14.3 Å². The summed E-state index contributed by atoms with van der Waals surface area (Å²) in [5.41, 5.74) is 5.20. The molecule has 2 fully saturated rings. The number of hydrogen-bond donors (Lipinski definition) is 2. The van der Waals surface area contributed by atoms with E-state index in [0.29, 0.717) is 44.1 Å². The number of rotatable bonds is 9. The number of aromatic amines is 1. The number of carbonyl (C=O) groups excluding carboxylic acids is 2. The van der Waals surface area contributed by atoms with Gasteiger partial charge in [-0.2, -0.15) is 5.10 Å². The number of ether oxygens (including phenoxy) is 1. The lowest BCUT2D eigenvalue weighted by Gasteiger charge is -2.37. The third-order valence-electron chi connectivity index (χ3n) is 9.22. The predicted molar refractivity (Wildman–Crippen MR) is 189 cm³/mol. The molecule has 2 aliphatic rings. The molecule has 2 saturated heterocycles. The summed E-state index contributed by atoms with van der Waals surface area (Å²) in [4.78, 5) is 46.6. The third kappa shape index (κ3) is 7.01. The molecular formula is C37H41N9O3. The summed E-state index contributed by atoms with van der Waals surface area (Å²) in [7, 11) is 0. The predicted octanol–water partition coefficient (Wildman–Crippen LogP) is 4.55. The van der Waals surface area contributed by atoms with Gasteiger partial charge in [0.25, 0.3) is 5.91 Å². The number of likely N-dealkylation sites (tertiary alicyclic amines) is 1. The van der Waals surface area contributed by atoms with Crippen molar-refractivity contribution in [2.45, 2.75) is 38.9 Å². The minimum absolute atomic E-state index is 0.0706. The molecule has 252 valence electrons. The maximum atomic E-state index is 13.9. The molecule has 5 aromatic rings. The fraction of sp³-hybridized carbons (Fsp3) is 0.351.